The molecule has 28 heavy (non-hydrogen) atoms. The molecule has 5 nitrogen and oxygen atoms in total. The van der Waals surface area contributed by atoms with Gasteiger partial charge in [0.2, 0.25) is 0 Å². The summed E-state index contributed by atoms with van der Waals surface area (Å²) in [5, 5.41) is 14.0. The van der Waals surface area contributed by atoms with Gasteiger partial charge in [0.25, 0.3) is 11.8 Å². The number of anilines is 2. The van der Waals surface area contributed by atoms with Crippen molar-refractivity contribution in [3.8, 4) is 6.07 Å². The molecule has 0 aromatic heterocycles. The third-order valence-corrected chi connectivity index (χ3v) is 4.13. The van der Waals surface area contributed by atoms with Gasteiger partial charge in [-0.15, -0.1) is 0 Å². The summed E-state index contributed by atoms with van der Waals surface area (Å²) in [6.45, 7) is 0. The molecular weight excluding hydrogens is 381 g/mol. The van der Waals surface area contributed by atoms with E-state index in [0.717, 1.165) is 6.07 Å². The normalized spacial score (nSPS) is 10.0. The summed E-state index contributed by atoms with van der Waals surface area (Å²) in [5.41, 5.74) is 1.89. The number of halogens is 2. The van der Waals surface area contributed by atoms with Crippen LogP contribution in [0.5, 0.6) is 0 Å². The molecule has 138 valence electrons. The number of benzene rings is 3. The number of carbonyl (C=O) groups excluding carboxylic acids is 2. The fourth-order valence-electron chi connectivity index (χ4n) is 2.41. The minimum Gasteiger partial charge on any atom is -0.322 e. The maximum Gasteiger partial charge on any atom is 0.255 e. The van der Waals surface area contributed by atoms with Gasteiger partial charge in [-0.2, -0.15) is 5.26 Å². The number of rotatable bonds is 4. The second-order valence-corrected chi connectivity index (χ2v) is 6.21. The van der Waals surface area contributed by atoms with Crippen molar-refractivity contribution >= 4 is 34.8 Å². The van der Waals surface area contributed by atoms with Crippen molar-refractivity contribution in [2.75, 3.05) is 10.6 Å². The van der Waals surface area contributed by atoms with Crippen molar-refractivity contribution < 1.29 is 14.0 Å². The standard InChI is InChI=1S/C21H13ClFN3O2/c22-18-11-17(8-9-19(18)23)26-21(28)15-3-1-2-14(10-15)20(27)25-16-6-4-13(12-24)5-7-16/h1-11H,(H,25,27)(H,26,28). The zero-order valence-electron chi connectivity index (χ0n) is 14.4. The monoisotopic (exact) mass is 393 g/mol. The number of hydrogen-bond donors (Lipinski definition) is 2. The predicted molar refractivity (Wildman–Crippen MR) is 105 cm³/mol. The summed E-state index contributed by atoms with van der Waals surface area (Å²) >= 11 is 5.71. The maximum atomic E-state index is 13.2. The van der Waals surface area contributed by atoms with Crippen LogP contribution >= 0.6 is 11.6 Å². The molecule has 2 amide bonds. The third kappa shape index (κ3) is 4.53. The average molecular weight is 394 g/mol. The third-order valence-electron chi connectivity index (χ3n) is 3.84. The summed E-state index contributed by atoms with van der Waals surface area (Å²) in [4.78, 5) is 24.8. The molecule has 3 aromatic carbocycles. The van der Waals surface area contributed by atoms with Crippen molar-refractivity contribution in [2.24, 2.45) is 0 Å². The Hall–Kier alpha value is -3.69. The molecule has 0 saturated carbocycles. The van der Waals surface area contributed by atoms with Crippen molar-refractivity contribution in [1.29, 1.82) is 5.26 Å². The molecule has 0 atom stereocenters. The van der Waals surface area contributed by atoms with E-state index in [9.17, 15) is 14.0 Å². The van der Waals surface area contributed by atoms with Gasteiger partial charge >= 0.3 is 0 Å². The van der Waals surface area contributed by atoms with E-state index in [4.69, 9.17) is 16.9 Å². The summed E-state index contributed by atoms with van der Waals surface area (Å²) in [6, 6.07) is 18.4. The molecule has 0 spiro atoms. The van der Waals surface area contributed by atoms with Gasteiger partial charge in [-0.1, -0.05) is 17.7 Å². The van der Waals surface area contributed by atoms with Crippen molar-refractivity contribution in [3.05, 3.63) is 94.3 Å². The molecule has 0 saturated heterocycles. The van der Waals surface area contributed by atoms with Crippen molar-refractivity contribution in [2.45, 2.75) is 0 Å². The highest BCUT2D eigenvalue weighted by molar-refractivity contribution is 6.31. The van der Waals surface area contributed by atoms with Gasteiger partial charge in [0.05, 0.1) is 16.7 Å². The smallest absolute Gasteiger partial charge is 0.255 e. The topological polar surface area (TPSA) is 82.0 Å². The van der Waals surface area contributed by atoms with Crippen LogP contribution in [-0.2, 0) is 0 Å². The van der Waals surface area contributed by atoms with E-state index in [2.05, 4.69) is 10.6 Å². The van der Waals surface area contributed by atoms with Gasteiger partial charge in [-0.05, 0) is 60.7 Å². The van der Waals surface area contributed by atoms with Crippen LogP contribution in [0.3, 0.4) is 0 Å². The van der Waals surface area contributed by atoms with Crippen LogP contribution in [0.15, 0.2) is 66.7 Å². The van der Waals surface area contributed by atoms with E-state index >= 15 is 0 Å². The van der Waals surface area contributed by atoms with Crippen LogP contribution in [0.2, 0.25) is 5.02 Å². The largest absolute Gasteiger partial charge is 0.322 e. The molecule has 0 fully saturated rings. The van der Waals surface area contributed by atoms with Crippen LogP contribution in [0.25, 0.3) is 0 Å². The average Bonchev–Trinajstić information content (AvgIpc) is 2.71. The predicted octanol–water partition coefficient (Wildman–Crippen LogP) is 4.86. The lowest BCUT2D eigenvalue weighted by Gasteiger charge is -2.09. The first-order valence-electron chi connectivity index (χ1n) is 8.14. The van der Waals surface area contributed by atoms with E-state index in [1.54, 1.807) is 42.5 Å². The molecule has 3 aromatic rings. The molecule has 7 heteroatoms. The number of nitriles is 1. The molecule has 0 radical (unpaired) electrons. The lowest BCUT2D eigenvalue weighted by molar-refractivity contribution is 0.102. The van der Waals surface area contributed by atoms with Crippen molar-refractivity contribution in [1.82, 2.24) is 0 Å². The minimum atomic E-state index is -0.582. The highest BCUT2D eigenvalue weighted by Crippen LogP contribution is 2.20. The van der Waals surface area contributed by atoms with E-state index in [1.807, 2.05) is 6.07 Å². The van der Waals surface area contributed by atoms with Gasteiger partial charge in [0.1, 0.15) is 5.82 Å². The second kappa shape index (κ2) is 8.33. The summed E-state index contributed by atoms with van der Waals surface area (Å²) in [7, 11) is 0. The van der Waals surface area contributed by atoms with Crippen LogP contribution < -0.4 is 10.6 Å². The fourth-order valence-corrected chi connectivity index (χ4v) is 2.59. The van der Waals surface area contributed by atoms with Crippen molar-refractivity contribution in [3.63, 3.8) is 0 Å². The molecule has 2 N–H and O–H groups in total. The Kier molecular flexibility index (Phi) is 5.68. The van der Waals surface area contributed by atoms with Gasteiger partial charge in [-0.25, -0.2) is 4.39 Å². The molecular formula is C21H13ClFN3O2. The summed E-state index contributed by atoms with van der Waals surface area (Å²) in [6.07, 6.45) is 0. The van der Waals surface area contributed by atoms with E-state index < -0.39 is 17.6 Å². The number of amides is 2. The molecule has 0 aliphatic heterocycles. The number of nitrogens with one attached hydrogen (secondary N) is 2. The minimum absolute atomic E-state index is 0.103. The SMILES string of the molecule is N#Cc1ccc(NC(=O)c2cccc(C(=O)Nc3ccc(F)c(Cl)c3)c2)cc1. The Labute approximate surface area is 165 Å². The zero-order valence-corrected chi connectivity index (χ0v) is 15.1. The van der Waals surface area contributed by atoms with Gasteiger partial charge in [0.15, 0.2) is 0 Å². The van der Waals surface area contributed by atoms with Crippen LogP contribution in [0, 0.1) is 17.1 Å². The molecule has 3 rings (SSSR count). The van der Waals surface area contributed by atoms with Crippen LogP contribution in [0.4, 0.5) is 15.8 Å². The first-order chi connectivity index (χ1) is 13.5. The molecule has 0 bridgehead atoms. The molecule has 0 heterocycles. The molecule has 0 aliphatic carbocycles. The van der Waals surface area contributed by atoms with Gasteiger partial charge in [0, 0.05) is 22.5 Å². The first kappa shape index (κ1) is 19.1. The number of nitrogens with zero attached hydrogens (tertiary/aromatic N) is 1. The highest BCUT2D eigenvalue weighted by Gasteiger charge is 2.12. The second-order valence-electron chi connectivity index (χ2n) is 5.81. The Morgan fingerprint density at radius 1 is 0.857 bits per heavy atom. The first-order valence-corrected chi connectivity index (χ1v) is 8.52. The summed E-state index contributed by atoms with van der Waals surface area (Å²) in [5.74, 6) is -1.44. The molecule has 0 unspecified atom stereocenters. The quantitative estimate of drug-likeness (QED) is 0.664. The van der Waals surface area contributed by atoms with E-state index in [-0.39, 0.29) is 16.1 Å². The van der Waals surface area contributed by atoms with E-state index in [1.165, 1.54) is 18.2 Å². The number of hydrogen-bond acceptors (Lipinski definition) is 3. The fraction of sp³-hybridized carbons (Fsp3) is 0. The Morgan fingerprint density at radius 3 is 2.00 bits per heavy atom. The lowest BCUT2D eigenvalue weighted by atomic mass is 10.1. The number of carbonyl (C=O) groups is 2. The maximum absolute atomic E-state index is 13.2. The van der Waals surface area contributed by atoms with E-state index in [0.29, 0.717) is 16.9 Å². The highest BCUT2D eigenvalue weighted by atomic mass is 35.5. The Morgan fingerprint density at radius 2 is 1.43 bits per heavy atom. The van der Waals surface area contributed by atoms with Crippen LogP contribution in [-0.4, -0.2) is 11.8 Å². The van der Waals surface area contributed by atoms with Gasteiger partial charge in [-0.3, -0.25) is 9.59 Å². The molecule has 0 aliphatic rings. The van der Waals surface area contributed by atoms with Crippen LogP contribution in [0.1, 0.15) is 26.3 Å². The van der Waals surface area contributed by atoms with Gasteiger partial charge < -0.3 is 10.6 Å². The lowest BCUT2D eigenvalue weighted by Crippen LogP contribution is -2.15. The Bertz CT molecular complexity index is 1090. The zero-order chi connectivity index (χ0) is 20.1. The Balaban J connectivity index is 1.73. The summed E-state index contributed by atoms with van der Waals surface area (Å²) < 4.78 is 13.2.